The van der Waals surface area contributed by atoms with Gasteiger partial charge in [0.05, 0.1) is 22.8 Å². The molecule has 0 aliphatic carbocycles. The minimum atomic E-state index is -1.05. The van der Waals surface area contributed by atoms with E-state index in [9.17, 15) is 9.59 Å². The van der Waals surface area contributed by atoms with E-state index in [-0.39, 0.29) is 11.5 Å². The van der Waals surface area contributed by atoms with Crippen LogP contribution in [-0.2, 0) is 4.79 Å². The predicted octanol–water partition coefficient (Wildman–Crippen LogP) is 4.58. The van der Waals surface area contributed by atoms with Crippen molar-refractivity contribution in [3.05, 3.63) is 64.6 Å². The van der Waals surface area contributed by atoms with Crippen LogP contribution >= 0.6 is 24.0 Å². The Morgan fingerprint density at radius 3 is 2.67 bits per heavy atom. The molecule has 27 heavy (non-hydrogen) atoms. The van der Waals surface area contributed by atoms with E-state index in [2.05, 4.69) is 0 Å². The second kappa shape index (κ2) is 8.37. The average molecular weight is 399 g/mol. The summed E-state index contributed by atoms with van der Waals surface area (Å²) in [5.41, 5.74) is 1.41. The van der Waals surface area contributed by atoms with E-state index in [1.165, 1.54) is 28.8 Å². The van der Waals surface area contributed by atoms with Crippen LogP contribution in [-0.4, -0.2) is 27.9 Å². The number of aromatic carboxylic acids is 1. The third-order valence-corrected chi connectivity index (χ3v) is 5.10. The number of hydrogen-bond donors (Lipinski definition) is 1. The zero-order valence-electron chi connectivity index (χ0n) is 14.5. The van der Waals surface area contributed by atoms with Crippen LogP contribution < -0.4 is 9.64 Å². The summed E-state index contributed by atoms with van der Waals surface area (Å²) in [5, 5.41) is 9.14. The topological polar surface area (TPSA) is 66.8 Å². The van der Waals surface area contributed by atoms with Gasteiger partial charge in [0.1, 0.15) is 5.75 Å². The summed E-state index contributed by atoms with van der Waals surface area (Å²) in [6, 6.07) is 13.6. The van der Waals surface area contributed by atoms with Gasteiger partial charge in [-0.25, -0.2) is 4.79 Å². The molecule has 1 N–H and O–H groups in total. The number of nitrogens with zero attached hydrogens (tertiary/aromatic N) is 1. The van der Waals surface area contributed by atoms with Crippen molar-refractivity contribution in [1.29, 1.82) is 0 Å². The Hall–Kier alpha value is -2.64. The fraction of sp³-hybridized carbons (Fsp3) is 0.150. The molecule has 1 saturated heterocycles. The Balaban J connectivity index is 1.82. The third-order valence-electron chi connectivity index (χ3n) is 3.80. The Morgan fingerprint density at radius 2 is 2.00 bits per heavy atom. The zero-order valence-corrected chi connectivity index (χ0v) is 16.2. The lowest BCUT2D eigenvalue weighted by molar-refractivity contribution is -0.113. The third kappa shape index (κ3) is 4.37. The lowest BCUT2D eigenvalue weighted by Crippen LogP contribution is -2.27. The molecule has 1 aliphatic heterocycles. The van der Waals surface area contributed by atoms with Gasteiger partial charge in [0.15, 0.2) is 4.32 Å². The number of carbonyl (C=O) groups excluding carboxylic acids is 1. The second-order valence-corrected chi connectivity index (χ2v) is 7.47. The first-order chi connectivity index (χ1) is 13.0. The molecule has 0 atom stereocenters. The van der Waals surface area contributed by atoms with E-state index in [0.29, 0.717) is 21.5 Å². The summed E-state index contributed by atoms with van der Waals surface area (Å²) >= 11 is 6.52. The van der Waals surface area contributed by atoms with Crippen molar-refractivity contribution in [2.75, 3.05) is 11.5 Å². The second-order valence-electron chi connectivity index (χ2n) is 5.79. The smallest absolute Gasteiger partial charge is 0.335 e. The number of benzene rings is 2. The lowest BCUT2D eigenvalue weighted by atomic mass is 10.1. The van der Waals surface area contributed by atoms with Gasteiger partial charge in [-0.15, -0.1) is 0 Å². The minimum absolute atomic E-state index is 0.105. The van der Waals surface area contributed by atoms with Crippen LogP contribution in [0.15, 0.2) is 53.4 Å². The molecule has 0 aromatic heterocycles. The molecule has 0 spiro atoms. The molecule has 138 valence electrons. The fourth-order valence-corrected chi connectivity index (χ4v) is 3.80. The summed E-state index contributed by atoms with van der Waals surface area (Å²) in [7, 11) is 0. The number of thioether (sulfide) groups is 1. The molecule has 0 bridgehead atoms. The van der Waals surface area contributed by atoms with Crippen molar-refractivity contribution in [2.45, 2.75) is 13.3 Å². The standard InChI is InChI=1S/C20H17NO4S2/c1-2-10-25-16-8-6-13(7-9-16)11-17-18(22)21(20(26)27-17)15-5-3-4-14(12-15)19(23)24/h3-9,11-12H,2,10H2,1H3,(H,23,24). The number of carboxylic acids is 1. The lowest BCUT2D eigenvalue weighted by Gasteiger charge is -2.14. The van der Waals surface area contributed by atoms with Gasteiger partial charge in [0, 0.05) is 0 Å². The van der Waals surface area contributed by atoms with E-state index in [0.717, 1.165) is 17.7 Å². The highest BCUT2D eigenvalue weighted by Gasteiger charge is 2.33. The molecule has 2 aromatic carbocycles. The molecular weight excluding hydrogens is 382 g/mol. The molecule has 1 heterocycles. The van der Waals surface area contributed by atoms with Crippen molar-refractivity contribution in [3.63, 3.8) is 0 Å². The number of ether oxygens (including phenoxy) is 1. The first kappa shape index (κ1) is 19.1. The summed E-state index contributed by atoms with van der Waals surface area (Å²) < 4.78 is 5.93. The molecule has 0 radical (unpaired) electrons. The number of rotatable bonds is 6. The largest absolute Gasteiger partial charge is 0.494 e. The number of anilines is 1. The Labute approximate surface area is 166 Å². The van der Waals surface area contributed by atoms with Crippen LogP contribution in [0.2, 0.25) is 0 Å². The van der Waals surface area contributed by atoms with Gasteiger partial charge in [0.25, 0.3) is 5.91 Å². The van der Waals surface area contributed by atoms with Gasteiger partial charge < -0.3 is 9.84 Å². The van der Waals surface area contributed by atoms with Crippen molar-refractivity contribution in [2.24, 2.45) is 0 Å². The number of amides is 1. The first-order valence-corrected chi connectivity index (χ1v) is 9.56. The number of carbonyl (C=O) groups is 2. The molecule has 5 nitrogen and oxygen atoms in total. The van der Waals surface area contributed by atoms with E-state index < -0.39 is 5.97 Å². The minimum Gasteiger partial charge on any atom is -0.494 e. The van der Waals surface area contributed by atoms with E-state index in [1.54, 1.807) is 18.2 Å². The highest BCUT2D eigenvalue weighted by atomic mass is 32.2. The number of carboxylic acid groups (broad SMARTS) is 1. The maximum atomic E-state index is 12.8. The van der Waals surface area contributed by atoms with Crippen LogP contribution in [0.25, 0.3) is 6.08 Å². The van der Waals surface area contributed by atoms with Crippen LogP contribution in [0.3, 0.4) is 0 Å². The Bertz CT molecular complexity index is 922. The maximum Gasteiger partial charge on any atom is 0.335 e. The first-order valence-electron chi connectivity index (χ1n) is 8.34. The highest BCUT2D eigenvalue weighted by molar-refractivity contribution is 8.27. The molecule has 3 rings (SSSR count). The number of hydrogen-bond acceptors (Lipinski definition) is 5. The van der Waals surface area contributed by atoms with Gasteiger partial charge in [0.2, 0.25) is 0 Å². The maximum absolute atomic E-state index is 12.8. The predicted molar refractivity (Wildman–Crippen MR) is 111 cm³/mol. The van der Waals surface area contributed by atoms with E-state index in [4.69, 9.17) is 22.1 Å². The van der Waals surface area contributed by atoms with E-state index in [1.807, 2.05) is 31.2 Å². The molecule has 7 heteroatoms. The highest BCUT2D eigenvalue weighted by Crippen LogP contribution is 2.36. The summed E-state index contributed by atoms with van der Waals surface area (Å²) in [4.78, 5) is 25.8. The average Bonchev–Trinajstić information content (AvgIpc) is 2.94. The molecular formula is C20H17NO4S2. The summed E-state index contributed by atoms with van der Waals surface area (Å²) in [6.45, 7) is 2.70. The Kier molecular flexibility index (Phi) is 5.93. The monoisotopic (exact) mass is 399 g/mol. The van der Waals surface area contributed by atoms with Crippen LogP contribution in [0.4, 0.5) is 5.69 Å². The van der Waals surface area contributed by atoms with Crippen LogP contribution in [0.5, 0.6) is 5.75 Å². The van der Waals surface area contributed by atoms with Gasteiger partial charge in [-0.05, 0) is 48.4 Å². The molecule has 0 saturated carbocycles. The van der Waals surface area contributed by atoms with Crippen LogP contribution in [0, 0.1) is 0 Å². The quantitative estimate of drug-likeness (QED) is 0.567. The summed E-state index contributed by atoms with van der Waals surface area (Å²) in [6.07, 6.45) is 2.71. The fourth-order valence-electron chi connectivity index (χ4n) is 2.50. The van der Waals surface area contributed by atoms with Gasteiger partial charge in [-0.2, -0.15) is 0 Å². The molecule has 0 unspecified atom stereocenters. The van der Waals surface area contributed by atoms with Gasteiger partial charge in [-0.3, -0.25) is 9.69 Å². The van der Waals surface area contributed by atoms with Crippen LogP contribution in [0.1, 0.15) is 29.3 Å². The zero-order chi connectivity index (χ0) is 19.4. The van der Waals surface area contributed by atoms with E-state index >= 15 is 0 Å². The Morgan fingerprint density at radius 1 is 1.26 bits per heavy atom. The number of thiocarbonyl (C=S) groups is 1. The SMILES string of the molecule is CCCOc1ccc(C=C2SC(=S)N(c3cccc(C(=O)O)c3)C2=O)cc1. The van der Waals surface area contributed by atoms with Crippen molar-refractivity contribution >= 4 is 51.9 Å². The van der Waals surface area contributed by atoms with Crippen molar-refractivity contribution in [3.8, 4) is 5.75 Å². The van der Waals surface area contributed by atoms with Crippen molar-refractivity contribution < 1.29 is 19.4 Å². The molecule has 1 aliphatic rings. The van der Waals surface area contributed by atoms with Gasteiger partial charge >= 0.3 is 5.97 Å². The molecule has 1 amide bonds. The molecule has 1 fully saturated rings. The van der Waals surface area contributed by atoms with Crippen molar-refractivity contribution in [1.82, 2.24) is 0 Å². The summed E-state index contributed by atoms with van der Waals surface area (Å²) in [5.74, 6) is -0.533. The van der Waals surface area contributed by atoms with Gasteiger partial charge in [-0.1, -0.05) is 49.1 Å². The molecule has 2 aromatic rings. The normalized spacial score (nSPS) is 15.4.